The third-order valence-electron chi connectivity index (χ3n) is 7.45. The highest BCUT2D eigenvalue weighted by Gasteiger charge is 2.26. The summed E-state index contributed by atoms with van der Waals surface area (Å²) >= 11 is 1.71. The zero-order valence-corrected chi connectivity index (χ0v) is 24.3. The van der Waals surface area contributed by atoms with Gasteiger partial charge in [-0.15, -0.1) is 0 Å². The fourth-order valence-corrected chi connectivity index (χ4v) is 6.30. The van der Waals surface area contributed by atoms with E-state index in [1.807, 2.05) is 26.8 Å². The second-order valence-corrected chi connectivity index (χ2v) is 12.3. The largest absolute Gasteiger partial charge is 0.496 e. The number of anilines is 2. The molecule has 39 heavy (non-hydrogen) atoms. The summed E-state index contributed by atoms with van der Waals surface area (Å²) in [6, 6.07) is 12.5. The normalized spacial score (nSPS) is 16.9. The van der Waals surface area contributed by atoms with Crippen LogP contribution < -0.4 is 14.4 Å². The van der Waals surface area contributed by atoms with Crippen molar-refractivity contribution in [3.63, 3.8) is 0 Å². The van der Waals surface area contributed by atoms with Crippen LogP contribution in [0.3, 0.4) is 0 Å². The minimum absolute atomic E-state index is 0.246. The van der Waals surface area contributed by atoms with Gasteiger partial charge in [0.15, 0.2) is 11.4 Å². The molecule has 0 radical (unpaired) electrons. The summed E-state index contributed by atoms with van der Waals surface area (Å²) in [5, 5.41) is 5.19. The summed E-state index contributed by atoms with van der Waals surface area (Å²) in [4.78, 5) is 16.5. The van der Waals surface area contributed by atoms with Crippen LogP contribution in [0.25, 0.3) is 22.1 Å². The van der Waals surface area contributed by atoms with Crippen LogP contribution in [0.15, 0.2) is 40.9 Å². The Kier molecular flexibility index (Phi) is 8.45. The smallest absolute Gasteiger partial charge is 0.410 e. The standard InChI is InChI=1S/C30H40N4O4S/c1-30(2,3)37-29(35)34-15-13-33(14-16-34)24-12-8-11-22(17-24)23-18-25(36-4)27-26(19-23)38-31-28(27)32-39-20-21-9-6-5-7-10-21/h8,11-12,17-19,21H,5-7,9-10,13-16,20H2,1-4H3,(H,31,32). The first kappa shape index (κ1) is 27.5. The van der Waals surface area contributed by atoms with Crippen molar-refractivity contribution in [3.8, 4) is 16.9 Å². The summed E-state index contributed by atoms with van der Waals surface area (Å²) in [6.45, 7) is 8.45. The van der Waals surface area contributed by atoms with E-state index in [1.54, 1.807) is 24.0 Å². The number of ether oxygens (including phenoxy) is 2. The van der Waals surface area contributed by atoms with Gasteiger partial charge in [-0.05, 0) is 74.9 Å². The number of aromatic nitrogens is 1. The summed E-state index contributed by atoms with van der Waals surface area (Å²) in [7, 11) is 1.69. The molecule has 8 nitrogen and oxygen atoms in total. The molecule has 1 N–H and O–H groups in total. The number of amides is 1. The SMILES string of the molecule is COc1cc(-c2cccc(N3CCN(C(=O)OC(C)(C)C)CC3)c2)cc2onc(NSCC3CCCCC3)c12. The van der Waals surface area contributed by atoms with Gasteiger partial charge in [-0.1, -0.05) is 48.5 Å². The number of nitrogens with one attached hydrogen (secondary N) is 1. The molecule has 1 aliphatic heterocycles. The van der Waals surface area contributed by atoms with Crippen LogP contribution in [-0.2, 0) is 4.74 Å². The van der Waals surface area contributed by atoms with E-state index < -0.39 is 5.60 Å². The zero-order valence-electron chi connectivity index (χ0n) is 23.5. The molecule has 1 saturated heterocycles. The fourth-order valence-electron chi connectivity index (χ4n) is 5.37. The van der Waals surface area contributed by atoms with E-state index in [4.69, 9.17) is 14.0 Å². The van der Waals surface area contributed by atoms with E-state index in [1.165, 1.54) is 32.1 Å². The summed E-state index contributed by atoms with van der Waals surface area (Å²) < 4.78 is 20.5. The van der Waals surface area contributed by atoms with Crippen LogP contribution in [0, 0.1) is 5.92 Å². The molecule has 1 aliphatic carbocycles. The Bertz CT molecular complexity index is 1270. The number of hydrogen-bond acceptors (Lipinski definition) is 8. The lowest BCUT2D eigenvalue weighted by molar-refractivity contribution is 0.0240. The van der Waals surface area contributed by atoms with E-state index in [2.05, 4.69) is 45.1 Å². The minimum Gasteiger partial charge on any atom is -0.496 e. The van der Waals surface area contributed by atoms with Gasteiger partial charge in [0.25, 0.3) is 0 Å². The molecule has 1 amide bonds. The average Bonchev–Trinajstić information content (AvgIpc) is 3.35. The van der Waals surface area contributed by atoms with Crippen molar-refractivity contribution >= 4 is 40.5 Å². The predicted molar refractivity (Wildman–Crippen MR) is 159 cm³/mol. The van der Waals surface area contributed by atoms with Gasteiger partial charge < -0.3 is 28.5 Å². The number of benzene rings is 2. The quantitative estimate of drug-likeness (QED) is 0.308. The van der Waals surface area contributed by atoms with Gasteiger partial charge in [-0.2, -0.15) is 0 Å². The molecule has 2 aromatic carbocycles. The third-order valence-corrected chi connectivity index (χ3v) is 8.42. The Hall–Kier alpha value is -3.07. The molecular weight excluding hydrogens is 512 g/mol. The summed E-state index contributed by atoms with van der Waals surface area (Å²) in [5.41, 5.74) is 3.40. The number of fused-ring (bicyclic) bond motifs is 1. The van der Waals surface area contributed by atoms with Crippen molar-refractivity contribution in [2.45, 2.75) is 58.5 Å². The molecule has 3 aromatic rings. The molecule has 0 spiro atoms. The number of rotatable bonds is 7. The molecule has 2 fully saturated rings. The van der Waals surface area contributed by atoms with Crippen molar-refractivity contribution in [1.29, 1.82) is 0 Å². The minimum atomic E-state index is -0.487. The number of carbonyl (C=O) groups is 1. The number of methoxy groups -OCH3 is 1. The fraction of sp³-hybridized carbons (Fsp3) is 0.533. The van der Waals surface area contributed by atoms with Crippen molar-refractivity contribution in [2.24, 2.45) is 5.92 Å². The van der Waals surface area contributed by atoms with Gasteiger partial charge in [0.2, 0.25) is 0 Å². The molecule has 1 aromatic heterocycles. The number of piperazine rings is 1. The molecule has 1 saturated carbocycles. The molecule has 210 valence electrons. The number of hydrogen-bond donors (Lipinski definition) is 1. The Morgan fingerprint density at radius 1 is 1.08 bits per heavy atom. The topological polar surface area (TPSA) is 80.1 Å². The zero-order chi connectivity index (χ0) is 27.4. The Labute approximate surface area is 235 Å². The van der Waals surface area contributed by atoms with Crippen molar-refractivity contribution in [2.75, 3.05) is 48.7 Å². The number of carbonyl (C=O) groups excluding carboxylic acids is 1. The highest BCUT2D eigenvalue weighted by atomic mass is 32.2. The van der Waals surface area contributed by atoms with Crippen molar-refractivity contribution in [3.05, 3.63) is 36.4 Å². The molecule has 0 atom stereocenters. The van der Waals surface area contributed by atoms with E-state index in [0.717, 1.165) is 52.7 Å². The van der Waals surface area contributed by atoms with Gasteiger partial charge in [0.05, 0.1) is 7.11 Å². The maximum atomic E-state index is 12.4. The predicted octanol–water partition coefficient (Wildman–Crippen LogP) is 7.20. The maximum Gasteiger partial charge on any atom is 0.410 e. The first-order valence-electron chi connectivity index (χ1n) is 14.0. The van der Waals surface area contributed by atoms with Crippen LogP contribution in [0.1, 0.15) is 52.9 Å². The lowest BCUT2D eigenvalue weighted by Crippen LogP contribution is -2.50. The highest BCUT2D eigenvalue weighted by Crippen LogP contribution is 2.39. The van der Waals surface area contributed by atoms with Crippen molar-refractivity contribution < 1.29 is 18.8 Å². The number of nitrogens with zero attached hydrogens (tertiary/aromatic N) is 3. The average molecular weight is 553 g/mol. The first-order chi connectivity index (χ1) is 18.8. The monoisotopic (exact) mass is 552 g/mol. The van der Waals surface area contributed by atoms with E-state index >= 15 is 0 Å². The van der Waals surface area contributed by atoms with E-state index in [-0.39, 0.29) is 6.09 Å². The van der Waals surface area contributed by atoms with Gasteiger partial charge in [0.1, 0.15) is 16.7 Å². The maximum absolute atomic E-state index is 12.4. The van der Waals surface area contributed by atoms with Gasteiger partial charge in [-0.3, -0.25) is 0 Å². The van der Waals surface area contributed by atoms with Gasteiger partial charge in [-0.25, -0.2) is 4.79 Å². The summed E-state index contributed by atoms with van der Waals surface area (Å²) in [5.74, 6) is 3.30. The van der Waals surface area contributed by atoms with Crippen LogP contribution in [0.2, 0.25) is 0 Å². The molecule has 5 rings (SSSR count). The van der Waals surface area contributed by atoms with Crippen LogP contribution in [0.5, 0.6) is 5.75 Å². The highest BCUT2D eigenvalue weighted by molar-refractivity contribution is 8.00. The molecular formula is C30H40N4O4S. The van der Waals surface area contributed by atoms with Gasteiger partial charge >= 0.3 is 6.09 Å². The lowest BCUT2D eigenvalue weighted by Gasteiger charge is -2.36. The van der Waals surface area contributed by atoms with Crippen LogP contribution in [-0.4, -0.2) is 60.8 Å². The summed E-state index contributed by atoms with van der Waals surface area (Å²) in [6.07, 6.45) is 6.45. The van der Waals surface area contributed by atoms with Crippen molar-refractivity contribution in [1.82, 2.24) is 10.1 Å². The molecule has 0 unspecified atom stereocenters. The van der Waals surface area contributed by atoms with Gasteiger partial charge in [0, 0.05) is 37.6 Å². The Morgan fingerprint density at radius 3 is 2.56 bits per heavy atom. The first-order valence-corrected chi connectivity index (χ1v) is 15.0. The molecule has 2 aliphatic rings. The Balaban J connectivity index is 1.27. The molecule has 2 heterocycles. The van der Waals surface area contributed by atoms with Crippen LogP contribution >= 0.6 is 11.9 Å². The third kappa shape index (κ3) is 6.75. The van der Waals surface area contributed by atoms with E-state index in [9.17, 15) is 4.79 Å². The van der Waals surface area contributed by atoms with E-state index in [0.29, 0.717) is 24.5 Å². The second-order valence-electron chi connectivity index (χ2n) is 11.5. The lowest BCUT2D eigenvalue weighted by atomic mass is 9.91. The van der Waals surface area contributed by atoms with Crippen LogP contribution in [0.4, 0.5) is 16.3 Å². The second kappa shape index (κ2) is 12.0. The molecule has 0 bridgehead atoms. The Morgan fingerprint density at radius 2 is 1.85 bits per heavy atom. The molecule has 9 heteroatoms.